The predicted molar refractivity (Wildman–Crippen MR) is 114 cm³/mol. The second kappa shape index (κ2) is 10.4. The Kier molecular flexibility index (Phi) is 7.80. The van der Waals surface area contributed by atoms with Gasteiger partial charge < -0.3 is 14.2 Å². The highest BCUT2D eigenvalue weighted by atomic mass is 32.2. The third-order valence-corrected chi connectivity index (χ3v) is 5.22. The molecule has 182 valence electrons. The van der Waals surface area contributed by atoms with Gasteiger partial charge in [-0.25, -0.2) is 9.37 Å². The quantitative estimate of drug-likeness (QED) is 0.260. The highest BCUT2D eigenvalue weighted by Crippen LogP contribution is 2.35. The molecule has 0 atom stereocenters. The average molecular weight is 506 g/mol. The Morgan fingerprint density at radius 2 is 1.74 bits per heavy atom. The zero-order chi connectivity index (χ0) is 24.9. The number of benzene rings is 2. The number of ether oxygens (including phenoxy) is 2. The van der Waals surface area contributed by atoms with Gasteiger partial charge in [0, 0.05) is 17.3 Å². The number of hydrogen-bond donors (Lipinski definition) is 1. The Morgan fingerprint density at radius 1 is 1.00 bits per heavy atom. The van der Waals surface area contributed by atoms with E-state index in [2.05, 4.69) is 9.71 Å². The van der Waals surface area contributed by atoms with Crippen LogP contribution >= 0.6 is 11.9 Å². The van der Waals surface area contributed by atoms with Gasteiger partial charge in [0.25, 0.3) is 0 Å². The largest absolute Gasteiger partial charge is 0.486 e. The van der Waals surface area contributed by atoms with Crippen molar-refractivity contribution in [2.75, 3.05) is 17.6 Å². The van der Waals surface area contributed by atoms with Gasteiger partial charge in [-0.15, -0.1) is 0 Å². The summed E-state index contributed by atoms with van der Waals surface area (Å²) in [4.78, 5) is 3.99. The molecule has 12 heteroatoms. The highest BCUT2D eigenvalue weighted by Gasteiger charge is 2.30. The minimum absolute atomic E-state index is 0.00998. The van der Waals surface area contributed by atoms with E-state index in [0.29, 0.717) is 11.9 Å². The van der Waals surface area contributed by atoms with E-state index < -0.39 is 29.5 Å². The number of halogens is 7. The van der Waals surface area contributed by atoms with E-state index in [-0.39, 0.29) is 40.6 Å². The Balaban J connectivity index is 1.81. The van der Waals surface area contributed by atoms with Gasteiger partial charge in [0.05, 0.1) is 12.7 Å². The summed E-state index contributed by atoms with van der Waals surface area (Å²) in [6.45, 7) is -0.313. The highest BCUT2D eigenvalue weighted by molar-refractivity contribution is 8.00. The van der Waals surface area contributed by atoms with Crippen molar-refractivity contribution in [1.82, 2.24) is 4.98 Å². The molecule has 34 heavy (non-hydrogen) atoms. The lowest BCUT2D eigenvalue weighted by Crippen LogP contribution is -2.12. The number of aromatic nitrogens is 1. The van der Waals surface area contributed by atoms with E-state index in [1.807, 2.05) is 0 Å². The lowest BCUT2D eigenvalue weighted by atomic mass is 10.1. The fourth-order valence-electron chi connectivity index (χ4n) is 2.87. The average Bonchev–Trinajstić information content (AvgIpc) is 2.77. The molecule has 4 nitrogen and oxygen atoms in total. The summed E-state index contributed by atoms with van der Waals surface area (Å²) < 4.78 is 104. The van der Waals surface area contributed by atoms with Gasteiger partial charge in [0.1, 0.15) is 18.0 Å². The summed E-state index contributed by atoms with van der Waals surface area (Å²) in [7, 11) is 1.28. The molecule has 0 unspecified atom stereocenters. The van der Waals surface area contributed by atoms with E-state index in [9.17, 15) is 26.3 Å². The number of methoxy groups -OCH3 is 1. The van der Waals surface area contributed by atoms with E-state index in [0.717, 1.165) is 12.1 Å². The zero-order valence-electron chi connectivity index (χ0n) is 17.4. The van der Waals surface area contributed by atoms with Crippen molar-refractivity contribution in [3.05, 3.63) is 71.7 Å². The first-order chi connectivity index (χ1) is 16.0. The molecule has 3 rings (SSSR count). The molecule has 0 amide bonds. The van der Waals surface area contributed by atoms with Crippen LogP contribution in [0.25, 0.3) is 11.1 Å². The van der Waals surface area contributed by atoms with Crippen molar-refractivity contribution in [2.45, 2.75) is 19.0 Å². The molecule has 0 aliphatic rings. The Labute approximate surface area is 194 Å². The molecule has 0 aliphatic carbocycles. The fourth-order valence-corrected chi connectivity index (χ4v) is 3.41. The minimum Gasteiger partial charge on any atom is -0.486 e. The number of anilines is 1. The maximum absolute atomic E-state index is 15.1. The molecule has 3 aromatic rings. The van der Waals surface area contributed by atoms with Crippen LogP contribution in [0.4, 0.5) is 36.4 Å². The van der Waals surface area contributed by atoms with Gasteiger partial charge in [-0.2, -0.15) is 26.3 Å². The molecule has 2 aromatic carbocycles. The van der Waals surface area contributed by atoms with Crippen molar-refractivity contribution in [1.29, 1.82) is 0 Å². The molecule has 0 aliphatic heterocycles. The van der Waals surface area contributed by atoms with Crippen LogP contribution in [0.1, 0.15) is 11.1 Å². The van der Waals surface area contributed by atoms with E-state index in [1.54, 1.807) is 0 Å². The van der Waals surface area contributed by atoms with E-state index >= 15 is 4.39 Å². The van der Waals surface area contributed by atoms with Gasteiger partial charge in [0.15, 0.2) is 11.6 Å². The van der Waals surface area contributed by atoms with Crippen LogP contribution in [-0.2, 0) is 12.8 Å². The van der Waals surface area contributed by atoms with Gasteiger partial charge in [-0.1, -0.05) is 24.3 Å². The third kappa shape index (κ3) is 6.69. The lowest BCUT2D eigenvalue weighted by molar-refractivity contribution is -0.137. The number of nitrogens with one attached hydrogen (secondary N) is 1. The molecule has 0 bridgehead atoms. The second-order valence-electron chi connectivity index (χ2n) is 6.89. The minimum atomic E-state index is -4.52. The summed E-state index contributed by atoms with van der Waals surface area (Å²) in [5.41, 5.74) is -0.308. The molecule has 1 N–H and O–H groups in total. The van der Waals surface area contributed by atoms with Gasteiger partial charge in [0.2, 0.25) is 5.88 Å². The van der Waals surface area contributed by atoms with Gasteiger partial charge in [-0.05, 0) is 41.8 Å². The first kappa shape index (κ1) is 25.5. The maximum Gasteiger partial charge on any atom is 0.416 e. The molecule has 1 aromatic heterocycles. The number of hydrogen-bond acceptors (Lipinski definition) is 5. The normalized spacial score (nSPS) is 11.9. The molecule has 0 radical (unpaired) electrons. The molecule has 1 heterocycles. The Hall–Kier alpha value is -3.15. The molecule has 0 spiro atoms. The molecular formula is C22H17F7N2O2S. The zero-order valence-corrected chi connectivity index (χ0v) is 18.2. The third-order valence-electron chi connectivity index (χ3n) is 4.39. The SMILES string of the molecule is COc1ncc(-c2cccc(OCc3cccc(C(F)(F)F)c3)c2F)cc1NSCC(F)(F)F. The Morgan fingerprint density at radius 3 is 2.41 bits per heavy atom. The summed E-state index contributed by atoms with van der Waals surface area (Å²) in [5, 5.41) is 0. The first-order valence-corrected chi connectivity index (χ1v) is 10.5. The van der Waals surface area contributed by atoms with Gasteiger partial charge >= 0.3 is 12.4 Å². The summed E-state index contributed by atoms with van der Waals surface area (Å²) in [5.74, 6) is -2.19. The number of pyridine rings is 1. The van der Waals surface area contributed by atoms with Crippen molar-refractivity contribution in [3.63, 3.8) is 0 Å². The molecule has 0 saturated heterocycles. The number of nitrogens with zero attached hydrogens (tertiary/aromatic N) is 1. The monoisotopic (exact) mass is 506 g/mol. The van der Waals surface area contributed by atoms with Crippen LogP contribution in [0, 0.1) is 5.82 Å². The second-order valence-corrected chi connectivity index (χ2v) is 7.67. The van der Waals surface area contributed by atoms with E-state index in [4.69, 9.17) is 9.47 Å². The van der Waals surface area contributed by atoms with Crippen LogP contribution < -0.4 is 14.2 Å². The molecule has 0 saturated carbocycles. The Bertz CT molecular complexity index is 1140. The summed E-state index contributed by atoms with van der Waals surface area (Å²) >= 11 is 0.369. The van der Waals surface area contributed by atoms with Crippen LogP contribution in [-0.4, -0.2) is 24.0 Å². The van der Waals surface area contributed by atoms with Crippen LogP contribution in [0.3, 0.4) is 0 Å². The standard InChI is InChI=1S/C22H17F7N2O2S/c1-32-20-17(31-34-12-21(24,25)26)9-14(10-30-20)16-6-3-7-18(19(16)23)33-11-13-4-2-5-15(8-13)22(27,28)29/h2-10,31H,11-12H2,1H3. The molecule has 0 fully saturated rings. The number of alkyl halides is 6. The van der Waals surface area contributed by atoms with E-state index in [1.165, 1.54) is 49.7 Å². The van der Waals surface area contributed by atoms with Crippen molar-refractivity contribution < 1.29 is 40.2 Å². The smallest absolute Gasteiger partial charge is 0.416 e. The van der Waals surface area contributed by atoms with Crippen LogP contribution in [0.15, 0.2) is 54.7 Å². The number of rotatable bonds is 8. The van der Waals surface area contributed by atoms with Crippen LogP contribution in [0.2, 0.25) is 0 Å². The predicted octanol–water partition coefficient (Wildman–Crippen LogP) is 7.12. The fraction of sp³-hybridized carbons (Fsp3) is 0.227. The first-order valence-electron chi connectivity index (χ1n) is 9.54. The van der Waals surface area contributed by atoms with Crippen molar-refractivity contribution in [2.24, 2.45) is 0 Å². The van der Waals surface area contributed by atoms with Gasteiger partial charge in [-0.3, -0.25) is 0 Å². The topological polar surface area (TPSA) is 43.4 Å². The lowest BCUT2D eigenvalue weighted by Gasteiger charge is -2.14. The summed E-state index contributed by atoms with van der Waals surface area (Å²) in [6.07, 6.45) is -7.65. The van der Waals surface area contributed by atoms with Crippen LogP contribution in [0.5, 0.6) is 11.6 Å². The maximum atomic E-state index is 15.1. The van der Waals surface area contributed by atoms with Crippen molar-refractivity contribution in [3.8, 4) is 22.8 Å². The molecular weight excluding hydrogens is 489 g/mol. The van der Waals surface area contributed by atoms with Crippen molar-refractivity contribution >= 4 is 17.6 Å². The summed E-state index contributed by atoms with van der Waals surface area (Å²) in [6, 6.07) is 10.0.